The van der Waals surface area contributed by atoms with Crippen LogP contribution in [0.25, 0.3) is 21.3 Å². The molecule has 3 aromatic rings. The Morgan fingerprint density at radius 3 is 2.52 bits per heavy atom. The van der Waals surface area contributed by atoms with Crippen molar-refractivity contribution in [3.63, 3.8) is 0 Å². The Kier molecular flexibility index (Phi) is 5.20. The first-order valence-electron chi connectivity index (χ1n) is 9.06. The van der Waals surface area contributed by atoms with Crippen LogP contribution < -0.4 is 5.56 Å². The number of aromatic nitrogens is 2. The molecule has 0 aliphatic carbocycles. The number of thiophene rings is 1. The average molecular weight is 385 g/mol. The molecule has 5 nitrogen and oxygen atoms in total. The summed E-state index contributed by atoms with van der Waals surface area (Å²) in [5, 5.41) is 2.51. The monoisotopic (exact) mass is 384 g/mol. The van der Waals surface area contributed by atoms with Crippen LogP contribution in [0.15, 0.2) is 40.5 Å². The van der Waals surface area contributed by atoms with Crippen molar-refractivity contribution in [1.82, 2.24) is 9.55 Å². The summed E-state index contributed by atoms with van der Waals surface area (Å²) >= 11 is 1.45. The molecule has 0 saturated heterocycles. The molecule has 0 aliphatic heterocycles. The molecule has 3 rings (SSSR count). The molecule has 0 fully saturated rings. The first-order valence-corrected chi connectivity index (χ1v) is 9.94. The summed E-state index contributed by atoms with van der Waals surface area (Å²) in [5.74, 6) is 0.136. The van der Waals surface area contributed by atoms with E-state index in [0.29, 0.717) is 16.0 Å². The van der Waals surface area contributed by atoms with E-state index in [1.165, 1.54) is 15.9 Å². The first-order chi connectivity index (χ1) is 12.8. The van der Waals surface area contributed by atoms with Gasteiger partial charge in [0.05, 0.1) is 12.0 Å². The van der Waals surface area contributed by atoms with E-state index < -0.39 is 11.5 Å². The van der Waals surface area contributed by atoms with Gasteiger partial charge in [-0.15, -0.1) is 11.3 Å². The molecule has 0 spiro atoms. The fourth-order valence-electron chi connectivity index (χ4n) is 3.16. The maximum absolute atomic E-state index is 13.6. The van der Waals surface area contributed by atoms with Crippen LogP contribution in [0.1, 0.15) is 46.4 Å². The van der Waals surface area contributed by atoms with E-state index in [2.05, 4.69) is 0 Å². The van der Waals surface area contributed by atoms with Crippen LogP contribution in [-0.4, -0.2) is 22.1 Å². The minimum atomic E-state index is -1.15. The number of hydrogen-bond donors (Lipinski definition) is 0. The van der Waals surface area contributed by atoms with Gasteiger partial charge in [0.2, 0.25) is 0 Å². The Bertz CT molecular complexity index is 1030. The molecule has 0 aliphatic rings. The lowest BCUT2D eigenvalue weighted by Crippen LogP contribution is -2.46. The maximum Gasteiger partial charge on any atom is 0.331 e. The van der Waals surface area contributed by atoms with E-state index in [1.807, 2.05) is 49.6 Å². The molecule has 6 heteroatoms. The molecule has 0 N–H and O–H groups in total. The molecule has 142 valence electrons. The quantitative estimate of drug-likeness (QED) is 0.606. The van der Waals surface area contributed by atoms with Crippen LogP contribution >= 0.6 is 11.3 Å². The van der Waals surface area contributed by atoms with Crippen LogP contribution in [0.3, 0.4) is 0 Å². The number of benzene rings is 1. The summed E-state index contributed by atoms with van der Waals surface area (Å²) in [6.45, 7) is 9.38. The summed E-state index contributed by atoms with van der Waals surface area (Å²) in [6, 6.07) is 9.76. The van der Waals surface area contributed by atoms with Crippen molar-refractivity contribution >= 4 is 27.5 Å². The summed E-state index contributed by atoms with van der Waals surface area (Å²) in [7, 11) is 0. The van der Waals surface area contributed by atoms with Gasteiger partial charge in [0.25, 0.3) is 5.56 Å². The molecule has 1 aromatic carbocycles. The summed E-state index contributed by atoms with van der Waals surface area (Å²) in [4.78, 5) is 31.7. The summed E-state index contributed by atoms with van der Waals surface area (Å²) in [6.07, 6.45) is 0. The zero-order chi connectivity index (χ0) is 19.8. The number of hydrogen-bond acceptors (Lipinski definition) is 5. The number of fused-ring (bicyclic) bond motifs is 1. The smallest absolute Gasteiger partial charge is 0.331 e. The lowest BCUT2D eigenvalue weighted by molar-refractivity contribution is -0.152. The largest absolute Gasteiger partial charge is 0.464 e. The highest BCUT2D eigenvalue weighted by Gasteiger charge is 2.36. The van der Waals surface area contributed by atoms with Gasteiger partial charge < -0.3 is 4.74 Å². The van der Waals surface area contributed by atoms with Crippen molar-refractivity contribution in [2.75, 3.05) is 6.61 Å². The molecular weight excluding hydrogens is 360 g/mol. The molecule has 0 saturated carbocycles. The first kappa shape index (κ1) is 19.3. The molecule has 27 heavy (non-hydrogen) atoms. The fourth-order valence-corrected chi connectivity index (χ4v) is 4.11. The number of carbonyl (C=O) groups excluding carboxylic acids is 1. The van der Waals surface area contributed by atoms with Crippen LogP contribution in [0.5, 0.6) is 0 Å². The van der Waals surface area contributed by atoms with E-state index in [-0.39, 0.29) is 18.1 Å². The van der Waals surface area contributed by atoms with Crippen LogP contribution in [0.2, 0.25) is 0 Å². The minimum Gasteiger partial charge on any atom is -0.464 e. The van der Waals surface area contributed by atoms with E-state index in [4.69, 9.17) is 9.72 Å². The summed E-state index contributed by atoms with van der Waals surface area (Å²) < 4.78 is 6.75. The van der Waals surface area contributed by atoms with Gasteiger partial charge in [0.15, 0.2) is 0 Å². The Morgan fingerprint density at radius 2 is 1.93 bits per heavy atom. The zero-order valence-electron chi connectivity index (χ0n) is 16.3. The van der Waals surface area contributed by atoms with Gasteiger partial charge in [-0.2, -0.15) is 0 Å². The maximum atomic E-state index is 13.6. The van der Waals surface area contributed by atoms with Gasteiger partial charge in [-0.3, -0.25) is 9.36 Å². The number of esters is 1. The van der Waals surface area contributed by atoms with Crippen molar-refractivity contribution < 1.29 is 9.53 Å². The second kappa shape index (κ2) is 7.27. The van der Waals surface area contributed by atoms with E-state index >= 15 is 0 Å². The van der Waals surface area contributed by atoms with E-state index in [9.17, 15) is 9.59 Å². The SMILES string of the molecule is CCOC(=O)C(C)(C)n1c(C(C)C)nc2scc(-c3ccccc3)c2c1=O. The number of nitrogens with zero attached hydrogens (tertiary/aromatic N) is 2. The number of carbonyl (C=O) groups is 1. The predicted octanol–water partition coefficient (Wildman–Crippen LogP) is 4.55. The third-order valence-electron chi connectivity index (χ3n) is 4.57. The Morgan fingerprint density at radius 1 is 1.26 bits per heavy atom. The highest BCUT2D eigenvalue weighted by Crippen LogP contribution is 2.33. The van der Waals surface area contributed by atoms with Crippen molar-refractivity contribution in [2.24, 2.45) is 0 Å². The molecule has 0 bridgehead atoms. The molecule has 0 unspecified atom stereocenters. The lowest BCUT2D eigenvalue weighted by atomic mass is 10.0. The van der Waals surface area contributed by atoms with Gasteiger partial charge in [0.1, 0.15) is 16.2 Å². The molecule has 0 atom stereocenters. The van der Waals surface area contributed by atoms with Gasteiger partial charge in [-0.05, 0) is 26.3 Å². The molecule has 0 amide bonds. The second-order valence-corrected chi connectivity index (χ2v) is 8.10. The predicted molar refractivity (Wildman–Crippen MR) is 109 cm³/mol. The van der Waals surface area contributed by atoms with Crippen molar-refractivity contribution in [3.8, 4) is 11.1 Å². The lowest BCUT2D eigenvalue weighted by Gasteiger charge is -2.28. The fraction of sp³-hybridized carbons (Fsp3) is 0.381. The Labute approximate surface area is 162 Å². The van der Waals surface area contributed by atoms with Crippen molar-refractivity contribution in [3.05, 3.63) is 51.9 Å². The highest BCUT2D eigenvalue weighted by molar-refractivity contribution is 7.17. The van der Waals surface area contributed by atoms with Crippen LogP contribution in [-0.2, 0) is 15.1 Å². The highest BCUT2D eigenvalue weighted by atomic mass is 32.1. The zero-order valence-corrected chi connectivity index (χ0v) is 17.1. The van der Waals surface area contributed by atoms with Gasteiger partial charge >= 0.3 is 5.97 Å². The standard InChI is InChI=1S/C21H24N2O3S/c1-6-26-20(25)21(4,5)23-17(13(2)3)22-18-16(19(23)24)15(12-27-18)14-10-8-7-9-11-14/h7-13H,6H2,1-5H3. The van der Waals surface area contributed by atoms with Crippen LogP contribution in [0.4, 0.5) is 0 Å². The Balaban J connectivity index is 2.35. The third-order valence-corrected chi connectivity index (χ3v) is 5.44. The molecule has 2 heterocycles. The number of ether oxygens (including phenoxy) is 1. The Hall–Kier alpha value is -2.47. The molecule has 0 radical (unpaired) electrons. The topological polar surface area (TPSA) is 61.2 Å². The van der Waals surface area contributed by atoms with E-state index in [0.717, 1.165) is 11.1 Å². The summed E-state index contributed by atoms with van der Waals surface area (Å²) in [5.41, 5.74) is 0.447. The van der Waals surface area contributed by atoms with Gasteiger partial charge in [0, 0.05) is 16.9 Å². The van der Waals surface area contributed by atoms with Gasteiger partial charge in [-0.1, -0.05) is 44.2 Å². The van der Waals surface area contributed by atoms with Crippen molar-refractivity contribution in [1.29, 1.82) is 0 Å². The normalized spacial score (nSPS) is 11.9. The molecular formula is C21H24N2O3S. The van der Waals surface area contributed by atoms with E-state index in [1.54, 1.807) is 20.8 Å². The second-order valence-electron chi connectivity index (χ2n) is 7.24. The van der Waals surface area contributed by atoms with Gasteiger partial charge in [-0.25, -0.2) is 9.78 Å². The molecule has 2 aromatic heterocycles. The third kappa shape index (κ3) is 3.30. The van der Waals surface area contributed by atoms with Crippen molar-refractivity contribution in [2.45, 2.75) is 46.1 Å². The average Bonchev–Trinajstić information content (AvgIpc) is 3.06. The minimum absolute atomic E-state index is 0.0157. The van der Waals surface area contributed by atoms with Crippen LogP contribution in [0, 0.1) is 0 Å². The number of rotatable bonds is 5.